The molecule has 0 aliphatic heterocycles. The van der Waals surface area contributed by atoms with E-state index in [-0.39, 0.29) is 17.1 Å². The molecule has 0 aliphatic carbocycles. The number of sulfonamides is 1. The molecular weight excluding hydrogens is 335 g/mol. The number of amides is 1. The molecule has 2 rings (SSSR count). The van der Waals surface area contributed by atoms with Crippen molar-refractivity contribution in [3.8, 4) is 11.5 Å². The monoisotopic (exact) mass is 352 g/mol. The lowest BCUT2D eigenvalue weighted by Crippen LogP contribution is -2.43. The molecule has 0 radical (unpaired) electrons. The first-order valence-corrected chi connectivity index (χ1v) is 8.65. The number of nitrogens with two attached hydrogens (primary N) is 1. The van der Waals surface area contributed by atoms with Crippen LogP contribution in [0, 0.1) is 5.82 Å². The van der Waals surface area contributed by atoms with E-state index < -0.39 is 22.0 Å². The molecule has 24 heavy (non-hydrogen) atoms. The number of benzene rings is 2. The van der Waals surface area contributed by atoms with Crippen molar-refractivity contribution in [3.63, 3.8) is 0 Å². The quantitative estimate of drug-likeness (QED) is 0.798. The van der Waals surface area contributed by atoms with Gasteiger partial charge in [-0.3, -0.25) is 4.79 Å². The first-order chi connectivity index (χ1) is 11.3. The highest BCUT2D eigenvalue weighted by molar-refractivity contribution is 7.89. The highest BCUT2D eigenvalue weighted by atomic mass is 32.2. The molecule has 0 saturated carbocycles. The Morgan fingerprint density at radius 3 is 2.08 bits per heavy atom. The summed E-state index contributed by atoms with van der Waals surface area (Å²) in [5.74, 6) is -0.306. The molecule has 0 bridgehead atoms. The number of hydrogen-bond donors (Lipinski definition) is 2. The molecule has 0 aromatic heterocycles. The van der Waals surface area contributed by atoms with Crippen molar-refractivity contribution >= 4 is 15.9 Å². The Hall–Kier alpha value is -2.45. The summed E-state index contributed by atoms with van der Waals surface area (Å²) in [4.78, 5) is 11.1. The van der Waals surface area contributed by atoms with Crippen LogP contribution >= 0.6 is 0 Å². The summed E-state index contributed by atoms with van der Waals surface area (Å²) in [6.45, 7) is 1.65. The van der Waals surface area contributed by atoms with Crippen LogP contribution in [0.5, 0.6) is 11.5 Å². The lowest BCUT2D eigenvalue weighted by molar-refractivity contribution is -0.119. The van der Waals surface area contributed by atoms with E-state index in [1.54, 1.807) is 6.92 Å². The zero-order chi connectivity index (χ0) is 17.7. The van der Waals surface area contributed by atoms with Crippen LogP contribution in [0.25, 0.3) is 0 Å². The molecule has 0 fully saturated rings. The lowest BCUT2D eigenvalue weighted by atomic mass is 10.2. The topological polar surface area (TPSA) is 98.5 Å². The third-order valence-corrected chi connectivity index (χ3v) is 4.72. The van der Waals surface area contributed by atoms with Crippen molar-refractivity contribution in [1.29, 1.82) is 0 Å². The fourth-order valence-electron chi connectivity index (χ4n) is 1.92. The molecule has 0 aliphatic rings. The van der Waals surface area contributed by atoms with E-state index >= 15 is 0 Å². The van der Waals surface area contributed by atoms with Crippen LogP contribution in [0.1, 0.15) is 13.3 Å². The van der Waals surface area contributed by atoms with E-state index in [0.717, 1.165) is 0 Å². The number of halogens is 1. The van der Waals surface area contributed by atoms with Crippen molar-refractivity contribution in [1.82, 2.24) is 4.72 Å². The number of hydrogen-bond acceptors (Lipinski definition) is 4. The van der Waals surface area contributed by atoms with Crippen molar-refractivity contribution < 1.29 is 22.3 Å². The van der Waals surface area contributed by atoms with Gasteiger partial charge < -0.3 is 10.5 Å². The summed E-state index contributed by atoms with van der Waals surface area (Å²) in [5.41, 5.74) is 5.14. The van der Waals surface area contributed by atoms with Gasteiger partial charge in [0.15, 0.2) is 0 Å². The van der Waals surface area contributed by atoms with E-state index in [1.807, 2.05) is 0 Å². The van der Waals surface area contributed by atoms with Crippen LogP contribution < -0.4 is 15.2 Å². The van der Waals surface area contributed by atoms with Crippen LogP contribution in [0.2, 0.25) is 0 Å². The highest BCUT2D eigenvalue weighted by Crippen LogP contribution is 2.23. The van der Waals surface area contributed by atoms with Gasteiger partial charge in [0.2, 0.25) is 15.9 Å². The van der Waals surface area contributed by atoms with E-state index in [9.17, 15) is 17.6 Å². The highest BCUT2D eigenvalue weighted by Gasteiger charge is 2.22. The molecule has 0 saturated heterocycles. The Balaban J connectivity index is 2.13. The molecule has 2 aromatic rings. The SMILES string of the molecule is CCC(NS(=O)(=O)c1ccc(Oc2ccc(F)cc2)cc1)C(N)=O. The van der Waals surface area contributed by atoms with E-state index in [4.69, 9.17) is 10.5 Å². The summed E-state index contributed by atoms with van der Waals surface area (Å²) < 4.78 is 45.0. The predicted molar refractivity (Wildman–Crippen MR) is 86.5 cm³/mol. The van der Waals surface area contributed by atoms with E-state index in [0.29, 0.717) is 11.5 Å². The Bertz CT molecular complexity index is 805. The Kier molecular flexibility index (Phi) is 5.53. The summed E-state index contributed by atoms with van der Waals surface area (Å²) in [6.07, 6.45) is 0.250. The summed E-state index contributed by atoms with van der Waals surface area (Å²) in [5, 5.41) is 0. The van der Waals surface area contributed by atoms with Crippen molar-refractivity contribution in [2.75, 3.05) is 0 Å². The minimum atomic E-state index is -3.87. The second-order valence-corrected chi connectivity index (χ2v) is 6.73. The zero-order valence-electron chi connectivity index (χ0n) is 12.9. The first-order valence-electron chi connectivity index (χ1n) is 7.17. The maximum Gasteiger partial charge on any atom is 0.241 e. The molecule has 128 valence electrons. The molecule has 8 heteroatoms. The Morgan fingerprint density at radius 1 is 1.12 bits per heavy atom. The van der Waals surface area contributed by atoms with Gasteiger partial charge in [-0.25, -0.2) is 12.8 Å². The molecule has 1 unspecified atom stereocenters. The fourth-order valence-corrected chi connectivity index (χ4v) is 3.21. The average molecular weight is 352 g/mol. The van der Waals surface area contributed by atoms with Crippen molar-refractivity contribution in [2.24, 2.45) is 5.73 Å². The summed E-state index contributed by atoms with van der Waals surface area (Å²) in [7, 11) is -3.87. The van der Waals surface area contributed by atoms with Gasteiger partial charge in [0.1, 0.15) is 23.4 Å². The smallest absolute Gasteiger partial charge is 0.241 e. The second-order valence-electron chi connectivity index (χ2n) is 5.01. The average Bonchev–Trinajstić information content (AvgIpc) is 2.55. The van der Waals surface area contributed by atoms with Gasteiger partial charge in [0, 0.05) is 0 Å². The third-order valence-electron chi connectivity index (χ3n) is 3.23. The van der Waals surface area contributed by atoms with E-state index in [2.05, 4.69) is 4.72 Å². The maximum absolute atomic E-state index is 12.8. The normalized spacial score (nSPS) is 12.6. The molecular formula is C16H17FN2O4S. The van der Waals surface area contributed by atoms with Crippen molar-refractivity contribution in [2.45, 2.75) is 24.3 Å². The van der Waals surface area contributed by atoms with Crippen LogP contribution in [0.4, 0.5) is 4.39 Å². The fraction of sp³-hybridized carbons (Fsp3) is 0.188. The number of nitrogens with one attached hydrogen (secondary N) is 1. The Morgan fingerprint density at radius 2 is 1.62 bits per heavy atom. The van der Waals surface area contributed by atoms with Crippen molar-refractivity contribution in [3.05, 3.63) is 54.3 Å². The third kappa shape index (κ3) is 4.53. The number of rotatable bonds is 7. The standard InChI is InChI=1S/C16H17FN2O4S/c1-2-15(16(18)20)19-24(21,22)14-9-7-13(8-10-14)23-12-5-3-11(17)4-6-12/h3-10,15,19H,2H2,1H3,(H2,18,20). The number of carbonyl (C=O) groups is 1. The van der Waals surface area contributed by atoms with E-state index in [1.165, 1.54) is 48.5 Å². The van der Waals surface area contributed by atoms with Gasteiger partial charge >= 0.3 is 0 Å². The second kappa shape index (κ2) is 7.41. The van der Waals surface area contributed by atoms with Gasteiger partial charge in [0.25, 0.3) is 0 Å². The van der Waals surface area contributed by atoms with Crippen LogP contribution in [-0.4, -0.2) is 20.4 Å². The summed E-state index contributed by atoms with van der Waals surface area (Å²) in [6, 6.07) is 10.1. The number of carbonyl (C=O) groups excluding carboxylic acids is 1. The lowest BCUT2D eigenvalue weighted by Gasteiger charge is -2.14. The first kappa shape index (κ1) is 17.9. The molecule has 0 heterocycles. The summed E-state index contributed by atoms with van der Waals surface area (Å²) >= 11 is 0. The number of ether oxygens (including phenoxy) is 1. The minimum absolute atomic E-state index is 0.0198. The van der Waals surface area contributed by atoms with Gasteiger partial charge in [0.05, 0.1) is 4.90 Å². The maximum atomic E-state index is 12.8. The molecule has 1 amide bonds. The molecule has 1 atom stereocenters. The minimum Gasteiger partial charge on any atom is -0.457 e. The van der Waals surface area contributed by atoms with Gasteiger partial charge in [-0.15, -0.1) is 0 Å². The molecule has 6 nitrogen and oxygen atoms in total. The predicted octanol–water partition coefficient (Wildman–Crippen LogP) is 2.16. The zero-order valence-corrected chi connectivity index (χ0v) is 13.7. The number of primary amides is 1. The van der Waals surface area contributed by atoms with Crippen LogP contribution in [-0.2, 0) is 14.8 Å². The van der Waals surface area contributed by atoms with Crippen LogP contribution in [0.3, 0.4) is 0 Å². The van der Waals surface area contributed by atoms with Gasteiger partial charge in [-0.05, 0) is 55.0 Å². The molecule has 0 spiro atoms. The van der Waals surface area contributed by atoms with Gasteiger partial charge in [-0.1, -0.05) is 6.92 Å². The van der Waals surface area contributed by atoms with Gasteiger partial charge in [-0.2, -0.15) is 4.72 Å². The molecule has 2 aromatic carbocycles. The molecule has 3 N–H and O–H groups in total. The Labute approximate surface area is 139 Å². The largest absolute Gasteiger partial charge is 0.457 e. The van der Waals surface area contributed by atoms with Crippen LogP contribution in [0.15, 0.2) is 53.4 Å².